The standard InChI is InChI=1S/C7H2ClF2N3O2/c8-6-4(2-11)12-3(7(9)10)1-5(6)13(14)15/h1,7H. The van der Waals surface area contributed by atoms with Gasteiger partial charge in [-0.05, 0) is 0 Å². The summed E-state index contributed by atoms with van der Waals surface area (Å²) in [6.07, 6.45) is -2.99. The lowest BCUT2D eigenvalue weighted by molar-refractivity contribution is -0.384. The van der Waals surface area contributed by atoms with E-state index in [0.29, 0.717) is 6.07 Å². The van der Waals surface area contributed by atoms with Crippen molar-refractivity contribution in [1.82, 2.24) is 4.98 Å². The molecule has 1 heterocycles. The third-order valence-corrected chi connectivity index (χ3v) is 1.86. The smallest absolute Gasteiger partial charge is 0.258 e. The van der Waals surface area contributed by atoms with Crippen LogP contribution in [0.2, 0.25) is 5.02 Å². The second kappa shape index (κ2) is 4.14. The van der Waals surface area contributed by atoms with Crippen LogP contribution >= 0.6 is 11.6 Å². The zero-order chi connectivity index (χ0) is 11.6. The van der Waals surface area contributed by atoms with Gasteiger partial charge in [0.1, 0.15) is 11.8 Å². The normalized spacial score (nSPS) is 10.1. The van der Waals surface area contributed by atoms with Crippen LogP contribution < -0.4 is 0 Å². The number of hydrogen-bond acceptors (Lipinski definition) is 4. The number of hydrogen-bond donors (Lipinski definition) is 0. The first kappa shape index (κ1) is 11.3. The maximum atomic E-state index is 12.2. The Bertz CT molecular complexity index is 458. The van der Waals surface area contributed by atoms with Crippen molar-refractivity contribution < 1.29 is 13.7 Å². The van der Waals surface area contributed by atoms with Gasteiger partial charge in [-0.15, -0.1) is 0 Å². The van der Waals surface area contributed by atoms with Gasteiger partial charge in [0.2, 0.25) is 0 Å². The van der Waals surface area contributed by atoms with Crippen molar-refractivity contribution in [2.75, 3.05) is 0 Å². The molecule has 0 aromatic carbocycles. The minimum atomic E-state index is -2.99. The average molecular weight is 234 g/mol. The molecule has 0 atom stereocenters. The van der Waals surface area contributed by atoms with E-state index in [2.05, 4.69) is 4.98 Å². The number of nitrogens with zero attached hydrogens (tertiary/aromatic N) is 3. The van der Waals surface area contributed by atoms with Crippen LogP contribution in [-0.2, 0) is 0 Å². The van der Waals surface area contributed by atoms with Gasteiger partial charge in [0.05, 0.1) is 4.92 Å². The summed E-state index contributed by atoms with van der Waals surface area (Å²) in [7, 11) is 0. The van der Waals surface area contributed by atoms with E-state index in [4.69, 9.17) is 16.9 Å². The SMILES string of the molecule is N#Cc1nc(C(F)F)cc([N+](=O)[O-])c1Cl. The van der Waals surface area contributed by atoms with Gasteiger partial charge in [-0.25, -0.2) is 13.8 Å². The van der Waals surface area contributed by atoms with Gasteiger partial charge in [0.25, 0.3) is 12.1 Å². The second-order valence-electron chi connectivity index (χ2n) is 2.40. The van der Waals surface area contributed by atoms with Crippen LogP contribution in [0.3, 0.4) is 0 Å². The molecular formula is C7H2ClF2N3O2. The fourth-order valence-electron chi connectivity index (χ4n) is 0.854. The first-order valence-electron chi connectivity index (χ1n) is 3.50. The molecule has 1 aromatic rings. The van der Waals surface area contributed by atoms with Gasteiger partial charge in [-0.2, -0.15) is 5.26 Å². The molecule has 0 fully saturated rings. The fraction of sp³-hybridized carbons (Fsp3) is 0.143. The zero-order valence-corrected chi connectivity index (χ0v) is 7.70. The molecule has 0 unspecified atom stereocenters. The van der Waals surface area contributed by atoms with Crippen molar-refractivity contribution in [3.8, 4) is 6.07 Å². The van der Waals surface area contributed by atoms with Crippen molar-refractivity contribution in [2.24, 2.45) is 0 Å². The van der Waals surface area contributed by atoms with Crippen LogP contribution in [0.5, 0.6) is 0 Å². The summed E-state index contributed by atoms with van der Waals surface area (Å²) in [5, 5.41) is 18.3. The minimum absolute atomic E-state index is 0.535. The summed E-state index contributed by atoms with van der Waals surface area (Å²) in [5.41, 5.74) is -2.18. The highest BCUT2D eigenvalue weighted by Gasteiger charge is 2.22. The van der Waals surface area contributed by atoms with Gasteiger partial charge >= 0.3 is 0 Å². The van der Waals surface area contributed by atoms with Gasteiger partial charge in [0, 0.05) is 6.07 Å². The Morgan fingerprint density at radius 2 is 2.27 bits per heavy atom. The Morgan fingerprint density at radius 3 is 2.67 bits per heavy atom. The lowest BCUT2D eigenvalue weighted by Crippen LogP contribution is -1.99. The van der Waals surface area contributed by atoms with Crippen molar-refractivity contribution in [3.63, 3.8) is 0 Å². The van der Waals surface area contributed by atoms with Crippen LogP contribution in [0.4, 0.5) is 14.5 Å². The third kappa shape index (κ3) is 2.16. The molecule has 78 valence electrons. The third-order valence-electron chi connectivity index (χ3n) is 1.48. The zero-order valence-electron chi connectivity index (χ0n) is 6.95. The number of pyridine rings is 1. The molecule has 0 saturated heterocycles. The molecule has 0 amide bonds. The summed E-state index contributed by atoms with van der Waals surface area (Å²) in [6.45, 7) is 0. The number of nitriles is 1. The molecule has 0 spiro atoms. The number of nitro groups is 1. The molecule has 5 nitrogen and oxygen atoms in total. The Balaban J connectivity index is 3.47. The number of halogens is 3. The quantitative estimate of drug-likeness (QED) is 0.580. The monoisotopic (exact) mass is 233 g/mol. The van der Waals surface area contributed by atoms with Gasteiger partial charge in [0.15, 0.2) is 10.7 Å². The predicted molar refractivity (Wildman–Crippen MR) is 45.6 cm³/mol. The summed E-state index contributed by atoms with van der Waals surface area (Å²) < 4.78 is 24.4. The van der Waals surface area contributed by atoms with Crippen LogP contribution in [0.25, 0.3) is 0 Å². The number of rotatable bonds is 2. The molecule has 0 N–H and O–H groups in total. The Morgan fingerprint density at radius 1 is 1.67 bits per heavy atom. The largest absolute Gasteiger partial charge is 0.292 e. The van der Waals surface area contributed by atoms with Crippen molar-refractivity contribution in [1.29, 1.82) is 5.26 Å². The van der Waals surface area contributed by atoms with E-state index >= 15 is 0 Å². The lowest BCUT2D eigenvalue weighted by Gasteiger charge is -2.01. The van der Waals surface area contributed by atoms with Crippen LogP contribution in [0.1, 0.15) is 17.8 Å². The van der Waals surface area contributed by atoms with Crippen molar-refractivity contribution >= 4 is 17.3 Å². The summed E-state index contributed by atoms with van der Waals surface area (Å²) in [5.74, 6) is 0. The first-order chi connectivity index (χ1) is 6.97. The number of alkyl halides is 2. The molecule has 1 rings (SSSR count). The minimum Gasteiger partial charge on any atom is -0.258 e. The average Bonchev–Trinajstić information content (AvgIpc) is 2.17. The highest BCUT2D eigenvalue weighted by atomic mass is 35.5. The molecule has 8 heteroatoms. The molecule has 1 aromatic heterocycles. The van der Waals surface area contributed by atoms with Crippen LogP contribution in [-0.4, -0.2) is 9.91 Å². The molecule has 0 radical (unpaired) electrons. The summed E-state index contributed by atoms with van der Waals surface area (Å²) in [6, 6.07) is 1.95. The lowest BCUT2D eigenvalue weighted by atomic mass is 10.2. The maximum absolute atomic E-state index is 12.2. The van der Waals surface area contributed by atoms with E-state index in [-0.39, 0.29) is 0 Å². The van der Waals surface area contributed by atoms with Gasteiger partial charge in [-0.1, -0.05) is 11.6 Å². The summed E-state index contributed by atoms with van der Waals surface area (Å²) in [4.78, 5) is 12.6. The highest BCUT2D eigenvalue weighted by Crippen LogP contribution is 2.30. The number of aromatic nitrogens is 1. The maximum Gasteiger partial charge on any atom is 0.292 e. The summed E-state index contributed by atoms with van der Waals surface area (Å²) >= 11 is 5.41. The van der Waals surface area contributed by atoms with Crippen LogP contribution in [0.15, 0.2) is 6.07 Å². The molecule has 0 aliphatic rings. The molecule has 15 heavy (non-hydrogen) atoms. The first-order valence-corrected chi connectivity index (χ1v) is 3.88. The molecule has 0 aliphatic carbocycles. The molecule has 0 saturated carbocycles. The predicted octanol–water partition coefficient (Wildman–Crippen LogP) is 2.45. The van der Waals surface area contributed by atoms with E-state index in [1.54, 1.807) is 0 Å². The molecular weight excluding hydrogens is 232 g/mol. The van der Waals surface area contributed by atoms with Gasteiger partial charge < -0.3 is 0 Å². The van der Waals surface area contributed by atoms with E-state index in [9.17, 15) is 18.9 Å². The Kier molecular flexibility index (Phi) is 3.11. The highest BCUT2D eigenvalue weighted by molar-refractivity contribution is 6.33. The van der Waals surface area contributed by atoms with E-state index in [0.717, 1.165) is 0 Å². The van der Waals surface area contributed by atoms with E-state index < -0.39 is 33.4 Å². The van der Waals surface area contributed by atoms with Crippen molar-refractivity contribution in [2.45, 2.75) is 6.43 Å². The van der Waals surface area contributed by atoms with E-state index in [1.165, 1.54) is 6.07 Å². The van der Waals surface area contributed by atoms with Crippen LogP contribution in [0, 0.1) is 21.4 Å². The van der Waals surface area contributed by atoms with Gasteiger partial charge in [-0.3, -0.25) is 10.1 Å². The molecule has 0 bridgehead atoms. The Hall–Kier alpha value is -1.81. The van der Waals surface area contributed by atoms with Crippen molar-refractivity contribution in [3.05, 3.63) is 32.6 Å². The van der Waals surface area contributed by atoms with E-state index in [1.807, 2.05) is 0 Å². The Labute approximate surface area is 87.1 Å². The fourth-order valence-corrected chi connectivity index (χ4v) is 1.06. The second-order valence-corrected chi connectivity index (χ2v) is 2.78. The topological polar surface area (TPSA) is 79.8 Å². The molecule has 0 aliphatic heterocycles.